The Bertz CT molecular complexity index is 287. The number of methoxy groups -OCH3 is 1. The SMILES string of the molecule is COCC1CC(c2cccnc2)CCN1. The molecule has 1 aromatic heterocycles. The lowest BCUT2D eigenvalue weighted by Gasteiger charge is -2.30. The van der Waals surface area contributed by atoms with Crippen LogP contribution in [0.3, 0.4) is 0 Å². The van der Waals surface area contributed by atoms with Crippen LogP contribution in [0.4, 0.5) is 0 Å². The molecule has 0 aromatic carbocycles. The van der Waals surface area contributed by atoms with Gasteiger partial charge in [-0.05, 0) is 36.9 Å². The molecule has 1 saturated heterocycles. The monoisotopic (exact) mass is 206 g/mol. The Balaban J connectivity index is 1.98. The molecule has 0 radical (unpaired) electrons. The summed E-state index contributed by atoms with van der Waals surface area (Å²) in [6.45, 7) is 1.88. The molecule has 1 fully saturated rings. The van der Waals surface area contributed by atoms with Crippen LogP contribution >= 0.6 is 0 Å². The van der Waals surface area contributed by atoms with Crippen molar-refractivity contribution >= 4 is 0 Å². The fourth-order valence-corrected chi connectivity index (χ4v) is 2.25. The maximum atomic E-state index is 5.19. The van der Waals surface area contributed by atoms with Gasteiger partial charge in [0.05, 0.1) is 6.61 Å². The number of ether oxygens (including phenoxy) is 1. The average molecular weight is 206 g/mol. The van der Waals surface area contributed by atoms with Crippen molar-refractivity contribution in [3.63, 3.8) is 0 Å². The van der Waals surface area contributed by atoms with Gasteiger partial charge in [-0.3, -0.25) is 4.98 Å². The van der Waals surface area contributed by atoms with Crippen LogP contribution in [0.15, 0.2) is 24.5 Å². The highest BCUT2D eigenvalue weighted by Gasteiger charge is 2.22. The third-order valence-electron chi connectivity index (χ3n) is 3.02. The molecule has 1 aromatic rings. The molecular weight excluding hydrogens is 188 g/mol. The number of piperidine rings is 1. The Morgan fingerprint density at radius 2 is 2.53 bits per heavy atom. The minimum absolute atomic E-state index is 0.494. The molecule has 1 aliphatic rings. The van der Waals surface area contributed by atoms with E-state index in [4.69, 9.17) is 4.74 Å². The zero-order chi connectivity index (χ0) is 10.5. The van der Waals surface area contributed by atoms with Crippen molar-refractivity contribution in [2.45, 2.75) is 24.8 Å². The highest BCUT2D eigenvalue weighted by molar-refractivity contribution is 5.15. The second-order valence-corrected chi connectivity index (χ2v) is 4.11. The molecule has 0 bridgehead atoms. The predicted octanol–water partition coefficient (Wildman–Crippen LogP) is 1.56. The molecule has 2 heterocycles. The van der Waals surface area contributed by atoms with Crippen molar-refractivity contribution in [3.8, 4) is 0 Å². The summed E-state index contributed by atoms with van der Waals surface area (Å²) in [7, 11) is 1.76. The molecule has 3 heteroatoms. The summed E-state index contributed by atoms with van der Waals surface area (Å²) < 4.78 is 5.19. The van der Waals surface area contributed by atoms with Crippen molar-refractivity contribution in [2.75, 3.05) is 20.3 Å². The Kier molecular flexibility index (Phi) is 3.69. The van der Waals surface area contributed by atoms with Crippen LogP contribution in [0.2, 0.25) is 0 Å². The topological polar surface area (TPSA) is 34.1 Å². The molecule has 2 atom stereocenters. The molecule has 0 aliphatic carbocycles. The van der Waals surface area contributed by atoms with E-state index in [1.54, 1.807) is 7.11 Å². The minimum atomic E-state index is 0.494. The molecule has 0 saturated carbocycles. The number of hydrogen-bond acceptors (Lipinski definition) is 3. The van der Waals surface area contributed by atoms with Crippen molar-refractivity contribution in [3.05, 3.63) is 30.1 Å². The van der Waals surface area contributed by atoms with Crippen LogP contribution in [0.5, 0.6) is 0 Å². The summed E-state index contributed by atoms with van der Waals surface area (Å²) in [6, 6.07) is 4.68. The summed E-state index contributed by atoms with van der Waals surface area (Å²) in [6.07, 6.45) is 6.17. The van der Waals surface area contributed by atoms with E-state index < -0.39 is 0 Å². The number of nitrogens with zero attached hydrogens (tertiary/aromatic N) is 1. The van der Waals surface area contributed by atoms with Gasteiger partial charge in [-0.15, -0.1) is 0 Å². The molecule has 1 N–H and O–H groups in total. The lowest BCUT2D eigenvalue weighted by molar-refractivity contribution is 0.149. The van der Waals surface area contributed by atoms with Gasteiger partial charge in [0, 0.05) is 25.5 Å². The summed E-state index contributed by atoms with van der Waals surface area (Å²) in [5, 5.41) is 3.47. The van der Waals surface area contributed by atoms with E-state index in [0.29, 0.717) is 12.0 Å². The second-order valence-electron chi connectivity index (χ2n) is 4.11. The molecule has 1 aliphatic heterocycles. The van der Waals surface area contributed by atoms with E-state index in [0.717, 1.165) is 19.6 Å². The highest BCUT2D eigenvalue weighted by atomic mass is 16.5. The average Bonchev–Trinajstić information content (AvgIpc) is 2.31. The molecule has 0 spiro atoms. The zero-order valence-corrected chi connectivity index (χ0v) is 9.15. The molecular formula is C12H18N2O. The molecule has 3 nitrogen and oxygen atoms in total. The molecule has 2 unspecified atom stereocenters. The first kappa shape index (κ1) is 10.6. The Hall–Kier alpha value is -0.930. The van der Waals surface area contributed by atoms with E-state index in [9.17, 15) is 0 Å². The normalized spacial score (nSPS) is 26.5. The Labute approximate surface area is 90.9 Å². The molecule has 0 amide bonds. The first-order chi connectivity index (χ1) is 7.40. The van der Waals surface area contributed by atoms with Crippen molar-refractivity contribution in [1.29, 1.82) is 0 Å². The van der Waals surface area contributed by atoms with Crippen molar-refractivity contribution < 1.29 is 4.74 Å². The smallest absolute Gasteiger partial charge is 0.0616 e. The lowest BCUT2D eigenvalue weighted by Crippen LogP contribution is -2.40. The highest BCUT2D eigenvalue weighted by Crippen LogP contribution is 2.26. The Morgan fingerprint density at radius 1 is 1.60 bits per heavy atom. The van der Waals surface area contributed by atoms with Crippen molar-refractivity contribution in [2.24, 2.45) is 0 Å². The van der Waals surface area contributed by atoms with Gasteiger partial charge in [-0.2, -0.15) is 0 Å². The number of hydrogen-bond donors (Lipinski definition) is 1. The second kappa shape index (κ2) is 5.24. The molecule has 2 rings (SSSR count). The first-order valence-corrected chi connectivity index (χ1v) is 5.52. The van der Waals surface area contributed by atoms with Crippen LogP contribution in [0.25, 0.3) is 0 Å². The van der Waals surface area contributed by atoms with Gasteiger partial charge in [0.15, 0.2) is 0 Å². The van der Waals surface area contributed by atoms with Crippen LogP contribution < -0.4 is 5.32 Å². The number of rotatable bonds is 3. The van der Waals surface area contributed by atoms with E-state index in [1.165, 1.54) is 12.0 Å². The zero-order valence-electron chi connectivity index (χ0n) is 9.15. The molecule has 15 heavy (non-hydrogen) atoms. The van der Waals surface area contributed by atoms with Gasteiger partial charge in [0.25, 0.3) is 0 Å². The fourth-order valence-electron chi connectivity index (χ4n) is 2.25. The third-order valence-corrected chi connectivity index (χ3v) is 3.02. The van der Waals surface area contributed by atoms with Crippen LogP contribution in [-0.2, 0) is 4.74 Å². The van der Waals surface area contributed by atoms with Crippen LogP contribution in [-0.4, -0.2) is 31.3 Å². The van der Waals surface area contributed by atoms with Gasteiger partial charge in [0.2, 0.25) is 0 Å². The lowest BCUT2D eigenvalue weighted by atomic mass is 9.87. The van der Waals surface area contributed by atoms with Gasteiger partial charge in [-0.1, -0.05) is 6.07 Å². The quantitative estimate of drug-likeness (QED) is 0.815. The van der Waals surface area contributed by atoms with Crippen LogP contribution in [0, 0.1) is 0 Å². The minimum Gasteiger partial charge on any atom is -0.383 e. The first-order valence-electron chi connectivity index (χ1n) is 5.52. The molecule has 82 valence electrons. The van der Waals surface area contributed by atoms with Gasteiger partial charge in [0.1, 0.15) is 0 Å². The van der Waals surface area contributed by atoms with Gasteiger partial charge in [-0.25, -0.2) is 0 Å². The standard InChI is InChI=1S/C12H18N2O/c1-15-9-12-7-10(4-6-14-12)11-3-2-5-13-8-11/h2-3,5,8,10,12,14H,4,6-7,9H2,1H3. The predicted molar refractivity (Wildman–Crippen MR) is 59.9 cm³/mol. The fraction of sp³-hybridized carbons (Fsp3) is 0.583. The largest absolute Gasteiger partial charge is 0.383 e. The Morgan fingerprint density at radius 3 is 3.27 bits per heavy atom. The summed E-state index contributed by atoms with van der Waals surface area (Å²) >= 11 is 0. The summed E-state index contributed by atoms with van der Waals surface area (Å²) in [5.74, 6) is 0.639. The summed E-state index contributed by atoms with van der Waals surface area (Å²) in [4.78, 5) is 4.18. The van der Waals surface area contributed by atoms with Gasteiger partial charge >= 0.3 is 0 Å². The van der Waals surface area contributed by atoms with E-state index >= 15 is 0 Å². The van der Waals surface area contributed by atoms with Gasteiger partial charge < -0.3 is 10.1 Å². The number of aromatic nitrogens is 1. The van der Waals surface area contributed by atoms with E-state index in [-0.39, 0.29) is 0 Å². The number of nitrogens with one attached hydrogen (secondary N) is 1. The van der Waals surface area contributed by atoms with Crippen molar-refractivity contribution in [1.82, 2.24) is 10.3 Å². The van der Waals surface area contributed by atoms with E-state index in [1.807, 2.05) is 18.5 Å². The van der Waals surface area contributed by atoms with Crippen LogP contribution in [0.1, 0.15) is 24.3 Å². The van der Waals surface area contributed by atoms with E-state index in [2.05, 4.69) is 16.4 Å². The third kappa shape index (κ3) is 2.76. The maximum absolute atomic E-state index is 5.19. The summed E-state index contributed by atoms with van der Waals surface area (Å²) in [5.41, 5.74) is 1.36. The maximum Gasteiger partial charge on any atom is 0.0616 e. The number of pyridine rings is 1.